The first-order valence-corrected chi connectivity index (χ1v) is 7.50. The third-order valence-electron chi connectivity index (χ3n) is 4.07. The van der Waals surface area contributed by atoms with Gasteiger partial charge >= 0.3 is 6.09 Å². The first-order valence-electron chi connectivity index (χ1n) is 7.50. The molecule has 1 atom stereocenters. The van der Waals surface area contributed by atoms with Crippen molar-refractivity contribution in [3.8, 4) is 0 Å². The average molecular weight is 301 g/mol. The van der Waals surface area contributed by atoms with Gasteiger partial charge in [0.2, 0.25) is 0 Å². The zero-order valence-corrected chi connectivity index (χ0v) is 12.4. The van der Waals surface area contributed by atoms with Crippen LogP contribution in [-0.2, 0) is 20.9 Å². The number of ether oxygens (including phenoxy) is 2. The number of benzene rings is 1. The van der Waals surface area contributed by atoms with Crippen LogP contribution in [0.15, 0.2) is 42.7 Å². The minimum absolute atomic E-state index is 0.0470. The number of likely N-dealkylation sites (tertiary alicyclic amines) is 1. The molecule has 1 aromatic rings. The van der Waals surface area contributed by atoms with Crippen LogP contribution in [0.25, 0.3) is 0 Å². The van der Waals surface area contributed by atoms with E-state index in [4.69, 9.17) is 9.47 Å². The highest BCUT2D eigenvalue weighted by atomic mass is 16.6. The molecule has 1 spiro atoms. The Balaban J connectivity index is 1.58. The molecule has 2 heterocycles. The van der Waals surface area contributed by atoms with E-state index in [0.29, 0.717) is 19.5 Å². The van der Waals surface area contributed by atoms with Crippen LogP contribution in [-0.4, -0.2) is 35.5 Å². The molecule has 1 fully saturated rings. The smallest absolute Gasteiger partial charge is 0.410 e. The molecule has 1 unspecified atom stereocenters. The number of nitrogens with zero attached hydrogens (tertiary/aromatic N) is 1. The summed E-state index contributed by atoms with van der Waals surface area (Å²) in [6.07, 6.45) is 4.45. The first kappa shape index (κ1) is 14.6. The summed E-state index contributed by atoms with van der Waals surface area (Å²) < 4.78 is 11.0. The van der Waals surface area contributed by atoms with Crippen molar-refractivity contribution in [2.75, 3.05) is 13.1 Å². The Kier molecular flexibility index (Phi) is 4.13. The fourth-order valence-corrected chi connectivity index (χ4v) is 2.98. The summed E-state index contributed by atoms with van der Waals surface area (Å²) >= 11 is 0. The SMILES string of the molecule is O=C1C=COC2(CCCN(C(=O)OCc3ccccc3)C2)C1. The largest absolute Gasteiger partial charge is 0.492 e. The van der Waals surface area contributed by atoms with Crippen LogP contribution < -0.4 is 0 Å². The van der Waals surface area contributed by atoms with Gasteiger partial charge in [0.1, 0.15) is 12.2 Å². The van der Waals surface area contributed by atoms with E-state index in [0.717, 1.165) is 18.4 Å². The summed E-state index contributed by atoms with van der Waals surface area (Å²) in [5.74, 6) is 0.0470. The van der Waals surface area contributed by atoms with Crippen molar-refractivity contribution in [3.05, 3.63) is 48.2 Å². The number of carbonyl (C=O) groups excluding carboxylic acids is 2. The molecule has 3 rings (SSSR count). The van der Waals surface area contributed by atoms with Gasteiger partial charge in [-0.05, 0) is 18.4 Å². The van der Waals surface area contributed by atoms with E-state index >= 15 is 0 Å². The molecule has 0 aliphatic carbocycles. The second-order valence-corrected chi connectivity index (χ2v) is 5.81. The molecule has 0 aromatic heterocycles. The lowest BCUT2D eigenvalue weighted by atomic mass is 9.86. The third kappa shape index (κ3) is 3.30. The van der Waals surface area contributed by atoms with E-state index < -0.39 is 5.60 Å². The standard InChI is InChI=1S/C17H19NO4/c19-15-7-10-22-17(11-15)8-4-9-18(13-17)16(20)21-12-14-5-2-1-3-6-14/h1-3,5-7,10H,4,8-9,11-13H2. The summed E-state index contributed by atoms with van der Waals surface area (Å²) in [6, 6.07) is 9.57. The summed E-state index contributed by atoms with van der Waals surface area (Å²) in [5.41, 5.74) is 0.380. The molecule has 0 saturated carbocycles. The zero-order valence-electron chi connectivity index (χ0n) is 12.4. The van der Waals surface area contributed by atoms with Crippen molar-refractivity contribution in [3.63, 3.8) is 0 Å². The van der Waals surface area contributed by atoms with Gasteiger partial charge in [0.15, 0.2) is 5.78 Å². The first-order chi connectivity index (χ1) is 10.7. The van der Waals surface area contributed by atoms with E-state index in [9.17, 15) is 9.59 Å². The van der Waals surface area contributed by atoms with Crippen LogP contribution in [0, 0.1) is 0 Å². The molecular weight excluding hydrogens is 282 g/mol. The number of rotatable bonds is 2. The van der Waals surface area contributed by atoms with Crippen molar-refractivity contribution in [2.24, 2.45) is 0 Å². The molecule has 2 aliphatic heterocycles. The van der Waals surface area contributed by atoms with Crippen LogP contribution >= 0.6 is 0 Å². The summed E-state index contributed by atoms with van der Waals surface area (Å²) in [4.78, 5) is 25.5. The Morgan fingerprint density at radius 2 is 2.14 bits per heavy atom. The van der Waals surface area contributed by atoms with Crippen LogP contribution in [0.5, 0.6) is 0 Å². The number of hydrogen-bond donors (Lipinski definition) is 0. The van der Waals surface area contributed by atoms with Gasteiger partial charge in [-0.1, -0.05) is 30.3 Å². The molecule has 0 bridgehead atoms. The van der Waals surface area contributed by atoms with Crippen LogP contribution in [0.2, 0.25) is 0 Å². The van der Waals surface area contributed by atoms with Crippen molar-refractivity contribution >= 4 is 11.9 Å². The highest BCUT2D eigenvalue weighted by molar-refractivity contribution is 5.91. The Labute approximate surface area is 129 Å². The molecule has 1 saturated heterocycles. The predicted molar refractivity (Wildman–Crippen MR) is 80.0 cm³/mol. The van der Waals surface area contributed by atoms with E-state index in [2.05, 4.69) is 0 Å². The zero-order chi connectivity index (χ0) is 15.4. The fraction of sp³-hybridized carbons (Fsp3) is 0.412. The topological polar surface area (TPSA) is 55.8 Å². The van der Waals surface area contributed by atoms with E-state index in [1.807, 2.05) is 30.3 Å². The number of amides is 1. The maximum Gasteiger partial charge on any atom is 0.410 e. The number of carbonyl (C=O) groups is 2. The summed E-state index contributed by atoms with van der Waals surface area (Å²) in [5, 5.41) is 0. The minimum atomic E-state index is -0.574. The van der Waals surface area contributed by atoms with E-state index in [1.54, 1.807) is 4.90 Å². The molecular formula is C17H19NO4. The van der Waals surface area contributed by atoms with Crippen molar-refractivity contribution in [2.45, 2.75) is 31.5 Å². The highest BCUT2D eigenvalue weighted by Gasteiger charge is 2.41. The van der Waals surface area contributed by atoms with Gasteiger partial charge in [0, 0.05) is 12.6 Å². The second kappa shape index (κ2) is 6.22. The van der Waals surface area contributed by atoms with Crippen LogP contribution in [0.4, 0.5) is 4.79 Å². The van der Waals surface area contributed by atoms with Gasteiger partial charge in [-0.2, -0.15) is 0 Å². The molecule has 2 aliphatic rings. The number of allylic oxidation sites excluding steroid dienone is 1. The normalized spacial score (nSPS) is 24.2. The quantitative estimate of drug-likeness (QED) is 0.842. The fourth-order valence-electron chi connectivity index (χ4n) is 2.98. The summed E-state index contributed by atoms with van der Waals surface area (Å²) in [6.45, 7) is 1.29. The van der Waals surface area contributed by atoms with E-state index in [-0.39, 0.29) is 18.5 Å². The van der Waals surface area contributed by atoms with Gasteiger partial charge < -0.3 is 14.4 Å². The molecule has 1 aromatic carbocycles. The Hall–Kier alpha value is -2.30. The molecule has 5 nitrogen and oxygen atoms in total. The molecule has 22 heavy (non-hydrogen) atoms. The molecule has 5 heteroatoms. The van der Waals surface area contributed by atoms with Gasteiger partial charge in [-0.15, -0.1) is 0 Å². The predicted octanol–water partition coefficient (Wildman–Crippen LogP) is 2.66. The van der Waals surface area contributed by atoms with Gasteiger partial charge in [-0.25, -0.2) is 4.79 Å². The Morgan fingerprint density at radius 3 is 2.91 bits per heavy atom. The van der Waals surface area contributed by atoms with Gasteiger partial charge in [-0.3, -0.25) is 4.79 Å². The number of ketones is 1. The maximum absolute atomic E-state index is 12.2. The Morgan fingerprint density at radius 1 is 1.32 bits per heavy atom. The number of piperidine rings is 1. The lowest BCUT2D eigenvalue weighted by Gasteiger charge is -2.42. The maximum atomic E-state index is 12.2. The van der Waals surface area contributed by atoms with E-state index in [1.165, 1.54) is 12.3 Å². The Bertz CT molecular complexity index is 584. The van der Waals surface area contributed by atoms with Crippen LogP contribution in [0.3, 0.4) is 0 Å². The molecule has 0 radical (unpaired) electrons. The molecule has 1 amide bonds. The monoisotopic (exact) mass is 301 g/mol. The molecule has 0 N–H and O–H groups in total. The number of hydrogen-bond acceptors (Lipinski definition) is 4. The average Bonchev–Trinajstić information content (AvgIpc) is 2.53. The summed E-state index contributed by atoms with van der Waals surface area (Å²) in [7, 11) is 0. The second-order valence-electron chi connectivity index (χ2n) is 5.81. The lowest BCUT2D eigenvalue weighted by Crippen LogP contribution is -2.53. The molecule has 116 valence electrons. The van der Waals surface area contributed by atoms with Crippen molar-refractivity contribution in [1.29, 1.82) is 0 Å². The van der Waals surface area contributed by atoms with Gasteiger partial charge in [0.25, 0.3) is 0 Å². The highest BCUT2D eigenvalue weighted by Crippen LogP contribution is 2.31. The third-order valence-corrected chi connectivity index (χ3v) is 4.07. The van der Waals surface area contributed by atoms with Crippen LogP contribution in [0.1, 0.15) is 24.8 Å². The lowest BCUT2D eigenvalue weighted by molar-refractivity contribution is -0.126. The van der Waals surface area contributed by atoms with Crippen molar-refractivity contribution in [1.82, 2.24) is 4.90 Å². The minimum Gasteiger partial charge on any atom is -0.492 e. The van der Waals surface area contributed by atoms with Gasteiger partial charge in [0.05, 0.1) is 19.2 Å². The van der Waals surface area contributed by atoms with Crippen molar-refractivity contribution < 1.29 is 19.1 Å².